The Balaban J connectivity index is 2.35. The lowest BCUT2D eigenvalue weighted by atomic mass is 9.93. The van der Waals surface area contributed by atoms with E-state index in [-0.39, 0.29) is 0 Å². The maximum Gasteiger partial charge on any atom is 0.0468 e. The van der Waals surface area contributed by atoms with Crippen molar-refractivity contribution in [3.8, 4) is 0 Å². The first-order valence-corrected chi connectivity index (χ1v) is 6.12. The Kier molecular flexibility index (Phi) is 5.49. The lowest BCUT2D eigenvalue weighted by Gasteiger charge is -2.34. The van der Waals surface area contributed by atoms with Crippen LogP contribution in [-0.2, 0) is 0 Å². The molecule has 1 saturated carbocycles. The molecule has 1 N–H and O–H groups in total. The molecule has 0 bridgehead atoms. The Hall–Kier alpha value is -0.0800. The zero-order chi connectivity index (χ0) is 10.4. The number of hydrogen-bond donors (Lipinski definition) is 1. The van der Waals surface area contributed by atoms with Crippen molar-refractivity contribution < 1.29 is 5.11 Å². The summed E-state index contributed by atoms with van der Waals surface area (Å²) < 4.78 is 0. The zero-order valence-corrected chi connectivity index (χ0v) is 9.71. The molecule has 0 aliphatic heterocycles. The average molecular weight is 199 g/mol. The maximum atomic E-state index is 9.05. The van der Waals surface area contributed by atoms with Crippen molar-refractivity contribution in [1.29, 1.82) is 0 Å². The Morgan fingerprint density at radius 1 is 1.29 bits per heavy atom. The van der Waals surface area contributed by atoms with E-state index < -0.39 is 0 Å². The van der Waals surface area contributed by atoms with E-state index in [0.29, 0.717) is 12.5 Å². The van der Waals surface area contributed by atoms with Gasteiger partial charge in [-0.3, -0.25) is 0 Å². The van der Waals surface area contributed by atoms with E-state index in [0.717, 1.165) is 19.1 Å². The van der Waals surface area contributed by atoms with Gasteiger partial charge in [-0.15, -0.1) is 0 Å². The highest BCUT2D eigenvalue weighted by atomic mass is 16.3. The second-order valence-electron chi connectivity index (χ2n) is 4.67. The first-order chi connectivity index (χ1) is 6.77. The van der Waals surface area contributed by atoms with Gasteiger partial charge in [-0.25, -0.2) is 0 Å². The van der Waals surface area contributed by atoms with E-state index in [2.05, 4.69) is 18.7 Å². The highest BCUT2D eigenvalue weighted by molar-refractivity contribution is 4.76. The van der Waals surface area contributed by atoms with Crippen LogP contribution in [0.15, 0.2) is 0 Å². The van der Waals surface area contributed by atoms with Crippen molar-refractivity contribution in [1.82, 2.24) is 4.90 Å². The fraction of sp³-hybridized carbons (Fsp3) is 1.00. The summed E-state index contributed by atoms with van der Waals surface area (Å²) in [6.45, 7) is 6.89. The van der Waals surface area contributed by atoms with Gasteiger partial charge < -0.3 is 10.0 Å². The lowest BCUT2D eigenvalue weighted by Crippen LogP contribution is -2.40. The van der Waals surface area contributed by atoms with Gasteiger partial charge in [-0.2, -0.15) is 0 Å². The standard InChI is InChI=1S/C12H25NO/c1-3-13(9-11(2)10-14)12-7-5-4-6-8-12/h11-12,14H,3-10H2,1-2H3. The van der Waals surface area contributed by atoms with Crippen LogP contribution in [0.5, 0.6) is 0 Å². The van der Waals surface area contributed by atoms with Crippen LogP contribution in [0.25, 0.3) is 0 Å². The Bertz CT molecular complexity index is 143. The molecule has 1 fully saturated rings. The summed E-state index contributed by atoms with van der Waals surface area (Å²) in [7, 11) is 0. The topological polar surface area (TPSA) is 23.5 Å². The minimum Gasteiger partial charge on any atom is -0.396 e. The van der Waals surface area contributed by atoms with Gasteiger partial charge in [0.2, 0.25) is 0 Å². The van der Waals surface area contributed by atoms with Gasteiger partial charge in [0, 0.05) is 19.2 Å². The number of hydrogen-bond acceptors (Lipinski definition) is 2. The normalized spacial score (nSPS) is 21.4. The second kappa shape index (κ2) is 6.41. The summed E-state index contributed by atoms with van der Waals surface area (Å²) in [5, 5.41) is 9.05. The second-order valence-corrected chi connectivity index (χ2v) is 4.67. The van der Waals surface area contributed by atoms with Gasteiger partial charge >= 0.3 is 0 Å². The predicted octanol–water partition coefficient (Wildman–Crippen LogP) is 2.27. The van der Waals surface area contributed by atoms with Crippen LogP contribution in [0.1, 0.15) is 46.0 Å². The van der Waals surface area contributed by atoms with Crippen LogP contribution < -0.4 is 0 Å². The summed E-state index contributed by atoms with van der Waals surface area (Å²) in [6.07, 6.45) is 6.95. The highest BCUT2D eigenvalue weighted by Crippen LogP contribution is 2.22. The molecule has 1 unspecified atom stereocenters. The third-order valence-electron chi connectivity index (χ3n) is 3.36. The average Bonchev–Trinajstić information content (AvgIpc) is 2.26. The maximum absolute atomic E-state index is 9.05. The summed E-state index contributed by atoms with van der Waals surface area (Å²) in [5.41, 5.74) is 0. The summed E-state index contributed by atoms with van der Waals surface area (Å²) >= 11 is 0. The van der Waals surface area contributed by atoms with Crippen LogP contribution in [0.2, 0.25) is 0 Å². The van der Waals surface area contributed by atoms with E-state index in [1.807, 2.05) is 0 Å². The van der Waals surface area contributed by atoms with Crippen LogP contribution >= 0.6 is 0 Å². The smallest absolute Gasteiger partial charge is 0.0468 e. The van der Waals surface area contributed by atoms with Crippen LogP contribution in [0, 0.1) is 5.92 Å². The molecule has 1 aliphatic rings. The molecule has 1 rings (SSSR count). The van der Waals surface area contributed by atoms with Crippen molar-refractivity contribution in [3.05, 3.63) is 0 Å². The summed E-state index contributed by atoms with van der Waals surface area (Å²) in [4.78, 5) is 2.56. The molecule has 84 valence electrons. The van der Waals surface area contributed by atoms with Crippen LogP contribution in [0.3, 0.4) is 0 Å². The molecule has 0 radical (unpaired) electrons. The molecule has 1 aliphatic carbocycles. The molecule has 0 spiro atoms. The molecule has 2 heteroatoms. The van der Waals surface area contributed by atoms with E-state index >= 15 is 0 Å². The van der Waals surface area contributed by atoms with Crippen molar-refractivity contribution in [2.45, 2.75) is 52.0 Å². The summed E-state index contributed by atoms with van der Waals surface area (Å²) in [5.74, 6) is 0.428. The van der Waals surface area contributed by atoms with Gasteiger partial charge in [0.1, 0.15) is 0 Å². The Morgan fingerprint density at radius 2 is 1.93 bits per heavy atom. The molecule has 0 aromatic rings. The Morgan fingerprint density at radius 3 is 2.43 bits per heavy atom. The number of rotatable bonds is 5. The van der Waals surface area contributed by atoms with Crippen molar-refractivity contribution in [2.24, 2.45) is 5.92 Å². The minimum atomic E-state index is 0.323. The SMILES string of the molecule is CCN(CC(C)CO)C1CCCCC1. The fourth-order valence-electron chi connectivity index (χ4n) is 2.44. The molecular formula is C12H25NO. The van der Waals surface area contributed by atoms with Crippen molar-refractivity contribution in [3.63, 3.8) is 0 Å². The van der Waals surface area contributed by atoms with Crippen molar-refractivity contribution >= 4 is 0 Å². The van der Waals surface area contributed by atoms with Crippen LogP contribution in [0.4, 0.5) is 0 Å². The third kappa shape index (κ3) is 3.58. The quantitative estimate of drug-likeness (QED) is 0.734. The molecule has 0 saturated heterocycles. The minimum absolute atomic E-state index is 0.323. The molecule has 0 amide bonds. The van der Waals surface area contributed by atoms with E-state index in [4.69, 9.17) is 5.11 Å². The molecule has 14 heavy (non-hydrogen) atoms. The molecule has 0 aromatic carbocycles. The van der Waals surface area contributed by atoms with E-state index in [1.54, 1.807) is 0 Å². The van der Waals surface area contributed by atoms with Gasteiger partial charge in [-0.1, -0.05) is 33.1 Å². The van der Waals surface area contributed by atoms with Gasteiger partial charge in [-0.05, 0) is 25.3 Å². The Labute approximate surface area is 88.3 Å². The molecule has 2 nitrogen and oxygen atoms in total. The molecular weight excluding hydrogens is 174 g/mol. The monoisotopic (exact) mass is 199 g/mol. The van der Waals surface area contributed by atoms with E-state index in [1.165, 1.54) is 32.1 Å². The zero-order valence-electron chi connectivity index (χ0n) is 9.71. The van der Waals surface area contributed by atoms with Gasteiger partial charge in [0.15, 0.2) is 0 Å². The number of nitrogens with zero attached hydrogens (tertiary/aromatic N) is 1. The predicted molar refractivity (Wildman–Crippen MR) is 60.4 cm³/mol. The molecule has 1 atom stereocenters. The van der Waals surface area contributed by atoms with Gasteiger partial charge in [0.05, 0.1) is 0 Å². The highest BCUT2D eigenvalue weighted by Gasteiger charge is 2.20. The molecule has 0 aromatic heterocycles. The van der Waals surface area contributed by atoms with Crippen LogP contribution in [-0.4, -0.2) is 35.7 Å². The van der Waals surface area contributed by atoms with E-state index in [9.17, 15) is 0 Å². The third-order valence-corrected chi connectivity index (χ3v) is 3.36. The van der Waals surface area contributed by atoms with Crippen molar-refractivity contribution in [2.75, 3.05) is 19.7 Å². The first-order valence-electron chi connectivity index (χ1n) is 6.12. The molecule has 0 heterocycles. The largest absolute Gasteiger partial charge is 0.396 e. The fourth-order valence-corrected chi connectivity index (χ4v) is 2.44. The number of aliphatic hydroxyl groups is 1. The summed E-state index contributed by atoms with van der Waals surface area (Å²) in [6, 6.07) is 0.794. The number of aliphatic hydroxyl groups excluding tert-OH is 1. The van der Waals surface area contributed by atoms with Gasteiger partial charge in [0.25, 0.3) is 0 Å². The first kappa shape index (κ1) is 12.0. The lowest BCUT2D eigenvalue weighted by molar-refractivity contribution is 0.119.